The fourth-order valence-electron chi connectivity index (χ4n) is 0.882. The van der Waals surface area contributed by atoms with Crippen LogP contribution in [-0.4, -0.2) is 6.21 Å². The van der Waals surface area contributed by atoms with Gasteiger partial charge in [0.05, 0.1) is 5.69 Å². The summed E-state index contributed by atoms with van der Waals surface area (Å²) in [7, 11) is 0. The smallest absolute Gasteiger partial charge is 0.0758 e. The Morgan fingerprint density at radius 2 is 2.18 bits per heavy atom. The molecular formula is C9H11NS. The van der Waals surface area contributed by atoms with Gasteiger partial charge in [-0.05, 0) is 31.5 Å². The lowest BCUT2D eigenvalue weighted by molar-refractivity contribution is 1.33. The van der Waals surface area contributed by atoms with Crippen molar-refractivity contribution in [2.45, 2.75) is 18.7 Å². The lowest BCUT2D eigenvalue weighted by Crippen LogP contribution is -1.73. The van der Waals surface area contributed by atoms with Crippen molar-refractivity contribution < 1.29 is 0 Å². The Labute approximate surface area is 72.6 Å². The summed E-state index contributed by atoms with van der Waals surface area (Å²) < 4.78 is 0. The highest BCUT2D eigenvalue weighted by Gasteiger charge is 1.94. The van der Waals surface area contributed by atoms with Crippen molar-refractivity contribution in [3.05, 3.63) is 23.8 Å². The summed E-state index contributed by atoms with van der Waals surface area (Å²) in [4.78, 5) is 5.08. The number of aryl methyl sites for hydroxylation is 1. The Hall–Kier alpha value is -0.760. The van der Waals surface area contributed by atoms with Gasteiger partial charge in [-0.1, -0.05) is 6.07 Å². The minimum atomic E-state index is 0.932. The van der Waals surface area contributed by atoms with Gasteiger partial charge in [0.1, 0.15) is 0 Å². The van der Waals surface area contributed by atoms with Crippen LogP contribution >= 0.6 is 12.6 Å². The van der Waals surface area contributed by atoms with E-state index < -0.39 is 0 Å². The SMILES string of the molecule is C/C=N\c1ccc(C)cc1S. The molecule has 1 rings (SSSR count). The molecule has 0 amide bonds. The first-order valence-electron chi connectivity index (χ1n) is 3.52. The molecule has 1 aromatic rings. The molecule has 11 heavy (non-hydrogen) atoms. The quantitative estimate of drug-likeness (QED) is 0.485. The van der Waals surface area contributed by atoms with Gasteiger partial charge in [0.15, 0.2) is 0 Å². The summed E-state index contributed by atoms with van der Waals surface area (Å²) in [6.45, 7) is 3.94. The Bertz CT molecular complexity index is 279. The van der Waals surface area contributed by atoms with Crippen LogP contribution in [0.25, 0.3) is 0 Å². The lowest BCUT2D eigenvalue weighted by atomic mass is 10.2. The van der Waals surface area contributed by atoms with Gasteiger partial charge in [-0.3, -0.25) is 4.99 Å². The predicted octanol–water partition coefficient (Wildman–Crippen LogP) is 3.01. The first kappa shape index (κ1) is 8.34. The molecule has 0 aliphatic rings. The average molecular weight is 165 g/mol. The van der Waals surface area contributed by atoms with Crippen LogP contribution in [0.4, 0.5) is 5.69 Å². The van der Waals surface area contributed by atoms with Gasteiger partial charge in [-0.25, -0.2) is 0 Å². The largest absolute Gasteiger partial charge is 0.260 e. The first-order chi connectivity index (χ1) is 5.24. The van der Waals surface area contributed by atoms with E-state index in [4.69, 9.17) is 0 Å². The molecular weight excluding hydrogens is 154 g/mol. The van der Waals surface area contributed by atoms with Crippen LogP contribution in [-0.2, 0) is 0 Å². The summed E-state index contributed by atoms with van der Waals surface area (Å²) in [5.74, 6) is 0. The number of hydrogen-bond acceptors (Lipinski definition) is 2. The van der Waals surface area contributed by atoms with E-state index in [-0.39, 0.29) is 0 Å². The number of thiol groups is 1. The Kier molecular flexibility index (Phi) is 2.71. The molecule has 0 aliphatic heterocycles. The molecule has 0 bridgehead atoms. The van der Waals surface area contributed by atoms with Crippen LogP contribution in [0, 0.1) is 6.92 Å². The second-order valence-corrected chi connectivity index (χ2v) is 2.86. The fraction of sp³-hybridized carbons (Fsp3) is 0.222. The summed E-state index contributed by atoms with van der Waals surface area (Å²) in [6, 6.07) is 6.01. The summed E-state index contributed by atoms with van der Waals surface area (Å²) >= 11 is 4.29. The Balaban J connectivity index is 3.09. The molecule has 0 heterocycles. The standard InChI is InChI=1S/C9H11NS/c1-3-10-8-5-4-7(2)6-9(8)11/h3-6,11H,1-2H3/b10-3-. The van der Waals surface area contributed by atoms with E-state index in [1.165, 1.54) is 5.56 Å². The second kappa shape index (κ2) is 3.58. The minimum Gasteiger partial charge on any atom is -0.260 e. The highest BCUT2D eigenvalue weighted by molar-refractivity contribution is 7.80. The highest BCUT2D eigenvalue weighted by Crippen LogP contribution is 2.23. The summed E-state index contributed by atoms with van der Waals surface area (Å²) in [5.41, 5.74) is 2.14. The van der Waals surface area contributed by atoms with Crippen molar-refractivity contribution in [1.29, 1.82) is 0 Å². The topological polar surface area (TPSA) is 12.4 Å². The molecule has 0 aromatic heterocycles. The number of hydrogen-bond donors (Lipinski definition) is 1. The van der Waals surface area contributed by atoms with Crippen LogP contribution in [0.2, 0.25) is 0 Å². The number of aliphatic imine (C=N–C) groups is 1. The zero-order valence-electron chi connectivity index (χ0n) is 6.70. The third kappa shape index (κ3) is 2.09. The van der Waals surface area contributed by atoms with E-state index in [1.54, 1.807) is 6.21 Å². The van der Waals surface area contributed by atoms with Crippen molar-refractivity contribution >= 4 is 24.5 Å². The zero-order valence-corrected chi connectivity index (χ0v) is 7.60. The molecule has 0 atom stereocenters. The Morgan fingerprint density at radius 3 is 2.73 bits per heavy atom. The molecule has 2 heteroatoms. The fourth-order valence-corrected chi connectivity index (χ4v) is 1.22. The number of rotatable bonds is 1. The van der Waals surface area contributed by atoms with Gasteiger partial charge in [0.25, 0.3) is 0 Å². The zero-order chi connectivity index (χ0) is 8.27. The molecule has 0 radical (unpaired) electrons. The third-order valence-corrected chi connectivity index (χ3v) is 1.76. The van der Waals surface area contributed by atoms with Crippen LogP contribution in [0.1, 0.15) is 12.5 Å². The van der Waals surface area contributed by atoms with E-state index in [0.29, 0.717) is 0 Å². The highest BCUT2D eigenvalue weighted by atomic mass is 32.1. The van der Waals surface area contributed by atoms with Crippen LogP contribution in [0.5, 0.6) is 0 Å². The first-order valence-corrected chi connectivity index (χ1v) is 3.97. The van der Waals surface area contributed by atoms with Crippen molar-refractivity contribution in [3.63, 3.8) is 0 Å². The van der Waals surface area contributed by atoms with Crippen LogP contribution in [0.3, 0.4) is 0 Å². The van der Waals surface area contributed by atoms with Crippen molar-refractivity contribution in [2.24, 2.45) is 4.99 Å². The summed E-state index contributed by atoms with van der Waals surface area (Å²) in [6.07, 6.45) is 1.77. The molecule has 1 aromatic carbocycles. The van der Waals surface area contributed by atoms with E-state index in [2.05, 4.69) is 17.6 Å². The van der Waals surface area contributed by atoms with Gasteiger partial charge in [-0.2, -0.15) is 0 Å². The minimum absolute atomic E-state index is 0.932. The number of nitrogens with zero attached hydrogens (tertiary/aromatic N) is 1. The molecule has 0 saturated heterocycles. The predicted molar refractivity (Wildman–Crippen MR) is 52.3 cm³/mol. The normalized spacial score (nSPS) is 10.8. The maximum absolute atomic E-state index is 4.29. The molecule has 0 unspecified atom stereocenters. The van der Waals surface area contributed by atoms with E-state index in [1.807, 2.05) is 32.0 Å². The maximum Gasteiger partial charge on any atom is 0.0758 e. The Morgan fingerprint density at radius 1 is 1.45 bits per heavy atom. The van der Waals surface area contributed by atoms with Crippen molar-refractivity contribution in [2.75, 3.05) is 0 Å². The van der Waals surface area contributed by atoms with Crippen molar-refractivity contribution in [3.8, 4) is 0 Å². The number of benzene rings is 1. The van der Waals surface area contributed by atoms with Gasteiger partial charge in [0.2, 0.25) is 0 Å². The average Bonchev–Trinajstić information content (AvgIpc) is 1.95. The van der Waals surface area contributed by atoms with Crippen LogP contribution in [0.15, 0.2) is 28.1 Å². The van der Waals surface area contributed by atoms with E-state index in [0.717, 1.165) is 10.6 Å². The van der Waals surface area contributed by atoms with Crippen LogP contribution < -0.4 is 0 Å². The van der Waals surface area contributed by atoms with Gasteiger partial charge < -0.3 is 0 Å². The molecule has 0 N–H and O–H groups in total. The molecule has 1 nitrogen and oxygen atoms in total. The monoisotopic (exact) mass is 165 g/mol. The lowest BCUT2D eigenvalue weighted by Gasteiger charge is -1.98. The van der Waals surface area contributed by atoms with Gasteiger partial charge >= 0.3 is 0 Å². The van der Waals surface area contributed by atoms with E-state index in [9.17, 15) is 0 Å². The molecule has 0 aliphatic carbocycles. The molecule has 0 saturated carbocycles. The van der Waals surface area contributed by atoms with Crippen molar-refractivity contribution in [1.82, 2.24) is 0 Å². The molecule has 58 valence electrons. The van der Waals surface area contributed by atoms with Gasteiger partial charge in [0, 0.05) is 11.1 Å². The molecule has 0 spiro atoms. The third-order valence-electron chi connectivity index (χ3n) is 1.40. The summed E-state index contributed by atoms with van der Waals surface area (Å²) in [5, 5.41) is 0. The maximum atomic E-state index is 4.29. The second-order valence-electron chi connectivity index (χ2n) is 2.38. The molecule has 0 fully saturated rings. The van der Waals surface area contributed by atoms with Gasteiger partial charge in [-0.15, -0.1) is 12.6 Å². The van der Waals surface area contributed by atoms with E-state index >= 15 is 0 Å².